The summed E-state index contributed by atoms with van der Waals surface area (Å²) in [6, 6.07) is 14.6. The number of benzene rings is 2. The highest BCUT2D eigenvalue weighted by molar-refractivity contribution is 7.99. The van der Waals surface area contributed by atoms with Gasteiger partial charge < -0.3 is 9.90 Å². The van der Waals surface area contributed by atoms with E-state index in [0.29, 0.717) is 17.0 Å². The van der Waals surface area contributed by atoms with Crippen LogP contribution in [0.5, 0.6) is 0 Å². The van der Waals surface area contributed by atoms with E-state index in [2.05, 4.69) is 5.92 Å². The Morgan fingerprint density at radius 3 is 2.77 bits per heavy atom. The van der Waals surface area contributed by atoms with E-state index in [0.717, 1.165) is 21.9 Å². The van der Waals surface area contributed by atoms with Crippen LogP contribution in [-0.4, -0.2) is 16.3 Å². The first kappa shape index (κ1) is 16.5. The summed E-state index contributed by atoms with van der Waals surface area (Å²) in [5, 5.41) is 14.1. The topological polar surface area (TPSA) is 62.1 Å². The summed E-state index contributed by atoms with van der Waals surface area (Å²) < 4.78 is 1.25. The summed E-state index contributed by atoms with van der Waals surface area (Å²) in [7, 11) is 0. The second kappa shape index (κ2) is 6.40. The van der Waals surface area contributed by atoms with Gasteiger partial charge in [0.05, 0.1) is 22.6 Å². The normalized spacial score (nSPS) is 15.6. The highest BCUT2D eigenvalue weighted by atomic mass is 32.2. The zero-order valence-corrected chi connectivity index (χ0v) is 14.6. The Balaban J connectivity index is 1.86. The molecule has 1 aliphatic rings. The van der Waals surface area contributed by atoms with Crippen molar-refractivity contribution in [3.8, 4) is 12.3 Å². The van der Waals surface area contributed by atoms with Crippen LogP contribution in [0.25, 0.3) is 10.8 Å². The van der Waals surface area contributed by atoms with Crippen LogP contribution in [0.2, 0.25) is 0 Å². The summed E-state index contributed by atoms with van der Waals surface area (Å²) in [6.45, 7) is 0. The summed E-state index contributed by atoms with van der Waals surface area (Å²) >= 11 is 1.30. The van der Waals surface area contributed by atoms with Gasteiger partial charge in [-0.25, -0.2) is 0 Å². The van der Waals surface area contributed by atoms with Crippen molar-refractivity contribution in [3.63, 3.8) is 0 Å². The molecule has 1 aromatic heterocycles. The van der Waals surface area contributed by atoms with Crippen molar-refractivity contribution in [2.24, 2.45) is 0 Å². The number of hydrogen-bond donors (Lipinski definition) is 0. The van der Waals surface area contributed by atoms with Gasteiger partial charge in [-0.1, -0.05) is 48.4 Å². The van der Waals surface area contributed by atoms with Gasteiger partial charge in [0, 0.05) is 11.8 Å². The fourth-order valence-corrected chi connectivity index (χ4v) is 4.73. The van der Waals surface area contributed by atoms with Crippen molar-refractivity contribution in [3.05, 3.63) is 75.6 Å². The van der Waals surface area contributed by atoms with Crippen LogP contribution >= 0.6 is 11.8 Å². The molecule has 1 aliphatic heterocycles. The van der Waals surface area contributed by atoms with Crippen LogP contribution in [0.1, 0.15) is 22.7 Å². The maximum atomic E-state index is 12.6. The SMILES string of the molecule is C#Cc1c(Cc2cccc3ccccc23)cc(=O)n2c1SCC2C(=O)[O-]. The van der Waals surface area contributed by atoms with Gasteiger partial charge in [0.1, 0.15) is 0 Å². The zero-order valence-electron chi connectivity index (χ0n) is 13.8. The number of terminal acetylenes is 1. The Hall–Kier alpha value is -2.97. The third-order valence-corrected chi connectivity index (χ3v) is 5.81. The van der Waals surface area contributed by atoms with E-state index in [1.807, 2.05) is 42.5 Å². The maximum Gasteiger partial charge on any atom is 0.252 e. The van der Waals surface area contributed by atoms with Gasteiger partial charge in [0.25, 0.3) is 5.56 Å². The number of rotatable bonds is 3. The molecule has 0 saturated heterocycles. The minimum Gasteiger partial charge on any atom is -0.548 e. The summed E-state index contributed by atoms with van der Waals surface area (Å²) in [6.07, 6.45) is 6.23. The van der Waals surface area contributed by atoms with Crippen LogP contribution in [0.3, 0.4) is 0 Å². The minimum atomic E-state index is -1.26. The second-order valence-electron chi connectivity index (χ2n) is 6.16. The van der Waals surface area contributed by atoms with E-state index < -0.39 is 12.0 Å². The molecule has 4 nitrogen and oxygen atoms in total. The molecule has 1 unspecified atom stereocenters. The van der Waals surface area contributed by atoms with Gasteiger partial charge in [-0.2, -0.15) is 0 Å². The van der Waals surface area contributed by atoms with Gasteiger partial charge in [-0.05, 0) is 28.3 Å². The molecule has 3 aromatic rings. The van der Waals surface area contributed by atoms with E-state index in [9.17, 15) is 14.7 Å². The molecule has 26 heavy (non-hydrogen) atoms. The first-order valence-electron chi connectivity index (χ1n) is 8.15. The van der Waals surface area contributed by atoms with Crippen molar-refractivity contribution in [1.29, 1.82) is 0 Å². The summed E-state index contributed by atoms with van der Waals surface area (Å²) in [4.78, 5) is 23.9. The molecule has 2 heterocycles. The molecule has 0 fully saturated rings. The number of carbonyl (C=O) groups excluding carboxylic acids is 1. The van der Waals surface area contributed by atoms with Crippen LogP contribution in [0, 0.1) is 12.3 Å². The highest BCUT2D eigenvalue weighted by Gasteiger charge is 2.28. The Labute approximate surface area is 154 Å². The van der Waals surface area contributed by atoms with Gasteiger partial charge in [-0.15, -0.1) is 18.2 Å². The predicted octanol–water partition coefficient (Wildman–Crippen LogP) is 1.97. The van der Waals surface area contributed by atoms with Crippen molar-refractivity contribution < 1.29 is 9.90 Å². The fourth-order valence-electron chi connectivity index (χ4n) is 3.44. The van der Waals surface area contributed by atoms with Crippen molar-refractivity contribution >= 4 is 28.5 Å². The number of carboxylic acids is 1. The van der Waals surface area contributed by atoms with Crippen molar-refractivity contribution in [2.75, 3.05) is 5.75 Å². The molecule has 0 saturated carbocycles. The molecule has 0 bridgehead atoms. The third kappa shape index (κ3) is 2.59. The average Bonchev–Trinajstić information content (AvgIpc) is 3.08. The Bertz CT molecular complexity index is 1130. The lowest BCUT2D eigenvalue weighted by molar-refractivity contribution is -0.309. The largest absolute Gasteiger partial charge is 0.548 e. The molecule has 5 heteroatoms. The highest BCUT2D eigenvalue weighted by Crippen LogP contribution is 2.35. The van der Waals surface area contributed by atoms with Gasteiger partial charge in [0.15, 0.2) is 0 Å². The van der Waals surface area contributed by atoms with Crippen LogP contribution in [-0.2, 0) is 11.2 Å². The molecule has 0 spiro atoms. The monoisotopic (exact) mass is 360 g/mol. The van der Waals surface area contributed by atoms with E-state index in [1.54, 1.807) is 0 Å². The fraction of sp³-hybridized carbons (Fsp3) is 0.143. The van der Waals surface area contributed by atoms with Crippen molar-refractivity contribution in [1.82, 2.24) is 4.57 Å². The number of carbonyl (C=O) groups is 1. The molecule has 0 radical (unpaired) electrons. The van der Waals surface area contributed by atoms with Crippen LogP contribution < -0.4 is 10.7 Å². The standard InChI is InChI=1S/C21H15NO3S/c1-2-16-15(10-14-8-5-7-13-6-3-4-9-17(13)14)11-19(23)22-18(21(24)25)12-26-20(16)22/h1,3-9,11,18H,10,12H2,(H,24,25)/p-1. The van der Waals surface area contributed by atoms with E-state index in [-0.39, 0.29) is 11.3 Å². The Kier molecular flexibility index (Phi) is 4.06. The molecule has 0 aliphatic carbocycles. The number of nitrogens with zero attached hydrogens (tertiary/aromatic N) is 1. The van der Waals surface area contributed by atoms with Crippen LogP contribution in [0.4, 0.5) is 0 Å². The smallest absolute Gasteiger partial charge is 0.252 e. The molecular weight excluding hydrogens is 346 g/mol. The van der Waals surface area contributed by atoms with Gasteiger partial charge >= 0.3 is 0 Å². The lowest BCUT2D eigenvalue weighted by Crippen LogP contribution is -2.37. The number of pyridine rings is 1. The number of hydrogen-bond acceptors (Lipinski definition) is 4. The predicted molar refractivity (Wildman–Crippen MR) is 100 cm³/mol. The zero-order chi connectivity index (χ0) is 18.3. The van der Waals surface area contributed by atoms with Crippen LogP contribution in [0.15, 0.2) is 58.4 Å². The van der Waals surface area contributed by atoms with Crippen molar-refractivity contribution in [2.45, 2.75) is 17.5 Å². The van der Waals surface area contributed by atoms with Gasteiger partial charge in [0.2, 0.25) is 0 Å². The number of aliphatic carboxylic acids is 1. The number of aromatic nitrogens is 1. The molecule has 128 valence electrons. The average molecular weight is 360 g/mol. The van der Waals surface area contributed by atoms with Gasteiger partial charge in [-0.3, -0.25) is 9.36 Å². The quantitative estimate of drug-likeness (QED) is 0.670. The Morgan fingerprint density at radius 2 is 2.00 bits per heavy atom. The summed E-state index contributed by atoms with van der Waals surface area (Å²) in [5.74, 6) is 1.65. The van der Waals surface area contributed by atoms with E-state index >= 15 is 0 Å². The lowest BCUT2D eigenvalue weighted by atomic mass is 9.96. The summed E-state index contributed by atoms with van der Waals surface area (Å²) in [5.41, 5.74) is 2.05. The first-order chi connectivity index (χ1) is 12.6. The number of thioether (sulfide) groups is 1. The number of fused-ring (bicyclic) bond motifs is 2. The first-order valence-corrected chi connectivity index (χ1v) is 9.14. The molecule has 2 aromatic carbocycles. The van der Waals surface area contributed by atoms with E-state index in [4.69, 9.17) is 6.42 Å². The minimum absolute atomic E-state index is 0.254. The second-order valence-corrected chi connectivity index (χ2v) is 7.17. The lowest BCUT2D eigenvalue weighted by Gasteiger charge is -2.17. The third-order valence-electron chi connectivity index (χ3n) is 4.66. The Morgan fingerprint density at radius 1 is 1.23 bits per heavy atom. The molecular formula is C21H14NO3S-. The number of carboxylic acid groups (broad SMARTS) is 1. The molecule has 1 atom stereocenters. The molecule has 4 rings (SSSR count). The molecule has 0 amide bonds. The maximum absolute atomic E-state index is 12.6. The van der Waals surface area contributed by atoms with E-state index in [1.165, 1.54) is 22.4 Å². The molecule has 0 N–H and O–H groups in total.